The Morgan fingerprint density at radius 2 is 1.93 bits per heavy atom. The van der Waals surface area contributed by atoms with Gasteiger partial charge in [0.05, 0.1) is 0 Å². The Labute approximate surface area is 94.1 Å². The molecular formula is C11H12F3Te. The van der Waals surface area contributed by atoms with E-state index < -0.39 is 30.2 Å². The quantitative estimate of drug-likeness (QED) is 0.695. The van der Waals surface area contributed by atoms with E-state index in [1.54, 1.807) is 0 Å². The molecule has 1 aliphatic rings. The van der Waals surface area contributed by atoms with E-state index in [0.29, 0.717) is 0 Å². The second-order valence-corrected chi connectivity index (χ2v) is 9.73. The van der Waals surface area contributed by atoms with Gasteiger partial charge in [0.2, 0.25) is 0 Å². The van der Waals surface area contributed by atoms with Crippen molar-refractivity contribution >= 4 is 23.2 Å². The molecule has 1 radical (unpaired) electrons. The molecule has 0 aliphatic carbocycles. The number of hydrogen-bond acceptors (Lipinski definition) is 0. The zero-order valence-corrected chi connectivity index (χ0v) is 10.5. The standard InChI is InChI=1S/C11H12F3Te/c12-11(13,14)8-15-7-3-5-9-4-1-2-6-10(9)15/h1-2,4,6H,3,5,7-8H2. The topological polar surface area (TPSA) is 0 Å². The molecular weight excluding hydrogens is 317 g/mol. The Hall–Kier alpha value is -0.200. The molecule has 0 saturated heterocycles. The first kappa shape index (κ1) is 11.3. The SMILES string of the molecule is FC(F)(F)C[Te]1CCCc2ccccc21. The molecule has 83 valence electrons. The first-order valence-electron chi connectivity index (χ1n) is 4.88. The van der Waals surface area contributed by atoms with Gasteiger partial charge in [-0.15, -0.1) is 0 Å². The van der Waals surface area contributed by atoms with Crippen LogP contribution in [-0.2, 0) is 6.42 Å². The summed E-state index contributed by atoms with van der Waals surface area (Å²) in [6, 6.07) is 7.69. The summed E-state index contributed by atoms with van der Waals surface area (Å²) < 4.78 is 38.5. The minimum absolute atomic E-state index is 0.507. The summed E-state index contributed by atoms with van der Waals surface area (Å²) >= 11 is -2.10. The van der Waals surface area contributed by atoms with Crippen molar-refractivity contribution in [1.82, 2.24) is 0 Å². The molecule has 0 bridgehead atoms. The van der Waals surface area contributed by atoms with Crippen LogP contribution in [0.15, 0.2) is 24.3 Å². The van der Waals surface area contributed by atoms with Gasteiger partial charge >= 0.3 is 94.1 Å². The molecule has 4 heteroatoms. The first-order valence-corrected chi connectivity index (χ1v) is 9.34. The molecule has 0 N–H and O–H groups in total. The molecule has 15 heavy (non-hydrogen) atoms. The number of fused-ring (bicyclic) bond motifs is 1. The average Bonchev–Trinajstić information content (AvgIpc) is 2.16. The molecule has 0 nitrogen and oxygen atoms in total. The van der Waals surface area contributed by atoms with Crippen LogP contribution in [0.25, 0.3) is 0 Å². The van der Waals surface area contributed by atoms with Crippen molar-refractivity contribution in [1.29, 1.82) is 0 Å². The maximum atomic E-state index is 12.4. The van der Waals surface area contributed by atoms with E-state index in [0.717, 1.165) is 20.9 Å². The number of aryl methyl sites for hydroxylation is 1. The summed E-state index contributed by atoms with van der Waals surface area (Å²) in [6.07, 6.45) is -2.06. The number of hydrogen-bond donors (Lipinski definition) is 0. The summed E-state index contributed by atoms with van der Waals surface area (Å²) in [7, 11) is 0. The van der Waals surface area contributed by atoms with Crippen molar-refractivity contribution in [2.24, 2.45) is 0 Å². The van der Waals surface area contributed by atoms with Crippen molar-refractivity contribution < 1.29 is 13.2 Å². The molecule has 0 fully saturated rings. The first-order chi connectivity index (χ1) is 7.06. The third-order valence-electron chi connectivity index (χ3n) is 2.46. The van der Waals surface area contributed by atoms with Gasteiger partial charge in [-0.1, -0.05) is 0 Å². The van der Waals surface area contributed by atoms with E-state index in [9.17, 15) is 13.2 Å². The van der Waals surface area contributed by atoms with Crippen LogP contribution < -0.4 is 3.61 Å². The summed E-state index contributed by atoms with van der Waals surface area (Å²) in [5.74, 6) is 0. The Kier molecular flexibility index (Phi) is 3.27. The molecule has 1 aromatic carbocycles. The zero-order valence-electron chi connectivity index (χ0n) is 8.18. The Bertz CT molecular complexity index is 346. The number of alkyl halides is 3. The van der Waals surface area contributed by atoms with Gasteiger partial charge in [-0.3, -0.25) is 0 Å². The van der Waals surface area contributed by atoms with Crippen LogP contribution in [0.1, 0.15) is 12.0 Å². The molecule has 0 saturated carbocycles. The van der Waals surface area contributed by atoms with Crippen LogP contribution in [0.3, 0.4) is 0 Å². The number of halogens is 3. The predicted octanol–water partition coefficient (Wildman–Crippen LogP) is 2.90. The fourth-order valence-electron chi connectivity index (χ4n) is 1.89. The van der Waals surface area contributed by atoms with Gasteiger partial charge in [-0.2, -0.15) is 0 Å². The monoisotopic (exact) mass is 331 g/mol. The van der Waals surface area contributed by atoms with Gasteiger partial charge < -0.3 is 0 Å². The summed E-state index contributed by atoms with van der Waals surface area (Å²) in [4.78, 5) is 0. The van der Waals surface area contributed by atoms with E-state index in [4.69, 9.17) is 0 Å². The molecule has 2 rings (SSSR count). The van der Waals surface area contributed by atoms with Crippen molar-refractivity contribution in [2.75, 3.05) is 0 Å². The second-order valence-electron chi connectivity index (χ2n) is 3.67. The normalized spacial score (nSPS) is 17.5. The van der Waals surface area contributed by atoms with Crippen LogP contribution in [-0.4, -0.2) is 25.7 Å². The Morgan fingerprint density at radius 1 is 1.20 bits per heavy atom. The molecule has 0 atom stereocenters. The molecule has 0 spiro atoms. The predicted molar refractivity (Wildman–Crippen MR) is 55.8 cm³/mol. The molecule has 0 unspecified atom stereocenters. The Morgan fingerprint density at radius 3 is 2.67 bits per heavy atom. The third kappa shape index (κ3) is 2.89. The molecule has 1 aromatic rings. The van der Waals surface area contributed by atoms with Gasteiger partial charge in [0.1, 0.15) is 0 Å². The van der Waals surface area contributed by atoms with Crippen LogP contribution in [0.5, 0.6) is 0 Å². The van der Waals surface area contributed by atoms with Crippen LogP contribution in [0.4, 0.5) is 13.2 Å². The summed E-state index contributed by atoms with van der Waals surface area (Å²) in [6.45, 7) is 0. The van der Waals surface area contributed by atoms with Gasteiger partial charge in [-0.25, -0.2) is 0 Å². The fraction of sp³-hybridized carbons (Fsp3) is 0.455. The second kappa shape index (κ2) is 4.35. The maximum absolute atomic E-state index is 12.4. The van der Waals surface area contributed by atoms with E-state index in [2.05, 4.69) is 0 Å². The van der Waals surface area contributed by atoms with Crippen LogP contribution in [0, 0.1) is 0 Å². The van der Waals surface area contributed by atoms with E-state index in [-0.39, 0.29) is 0 Å². The zero-order chi connectivity index (χ0) is 10.9. The third-order valence-corrected chi connectivity index (χ3v) is 9.53. The summed E-state index contributed by atoms with van der Waals surface area (Å²) in [5, 5.41) is 0. The van der Waals surface area contributed by atoms with Crippen molar-refractivity contribution in [3.8, 4) is 0 Å². The van der Waals surface area contributed by atoms with E-state index in [1.807, 2.05) is 24.3 Å². The average molecular weight is 329 g/mol. The van der Waals surface area contributed by atoms with Crippen molar-refractivity contribution in [2.45, 2.75) is 28.0 Å². The van der Waals surface area contributed by atoms with Gasteiger partial charge in [0, 0.05) is 0 Å². The minimum atomic E-state index is -3.97. The number of benzene rings is 1. The molecule has 0 aromatic heterocycles. The van der Waals surface area contributed by atoms with Gasteiger partial charge in [0.15, 0.2) is 0 Å². The van der Waals surface area contributed by atoms with Crippen molar-refractivity contribution in [3.63, 3.8) is 0 Å². The van der Waals surface area contributed by atoms with Crippen molar-refractivity contribution in [3.05, 3.63) is 29.8 Å². The van der Waals surface area contributed by atoms with Gasteiger partial charge in [-0.05, 0) is 0 Å². The van der Waals surface area contributed by atoms with Gasteiger partial charge in [0.25, 0.3) is 0 Å². The molecule has 0 amide bonds. The Balaban J connectivity index is 2.22. The fourth-order valence-corrected chi connectivity index (χ4v) is 8.22. The molecule has 1 aliphatic heterocycles. The summed E-state index contributed by atoms with van der Waals surface area (Å²) in [5.41, 5.74) is 1.17. The van der Waals surface area contributed by atoms with Crippen LogP contribution in [0.2, 0.25) is 8.94 Å². The molecule has 1 heterocycles. The van der Waals surface area contributed by atoms with E-state index in [1.165, 1.54) is 5.56 Å². The van der Waals surface area contributed by atoms with Crippen LogP contribution >= 0.6 is 0 Å². The number of rotatable bonds is 1. The van der Waals surface area contributed by atoms with E-state index >= 15 is 0 Å².